The second-order valence-electron chi connectivity index (χ2n) is 2.36. The summed E-state index contributed by atoms with van der Waals surface area (Å²) in [5.41, 5.74) is 6.94. The zero-order valence-corrected chi connectivity index (χ0v) is 5.83. The van der Waals surface area contributed by atoms with Crippen molar-refractivity contribution in [3.05, 3.63) is 23.9 Å². The van der Waals surface area contributed by atoms with Crippen LogP contribution < -0.4 is 5.73 Å². The standard InChI is InChI=1S/C7H12N2/c1-6-4-3-5-9(2)7(6)8/h3-5,7H,8H2,1-2H3/t7-/m0/s1. The number of rotatable bonds is 0. The first-order valence-corrected chi connectivity index (χ1v) is 3.04. The number of hydrogen-bond acceptors (Lipinski definition) is 2. The molecule has 0 aromatic carbocycles. The van der Waals surface area contributed by atoms with Crippen molar-refractivity contribution in [3.8, 4) is 0 Å². The number of allylic oxidation sites excluding steroid dienone is 2. The lowest BCUT2D eigenvalue weighted by molar-refractivity contribution is 0.372. The molecule has 0 amide bonds. The minimum Gasteiger partial charge on any atom is -0.362 e. The van der Waals surface area contributed by atoms with Gasteiger partial charge in [0.25, 0.3) is 0 Å². The van der Waals surface area contributed by atoms with Crippen LogP contribution in [0, 0.1) is 0 Å². The fourth-order valence-corrected chi connectivity index (χ4v) is 0.843. The molecule has 0 aromatic rings. The molecule has 9 heavy (non-hydrogen) atoms. The quantitative estimate of drug-likeness (QED) is 0.514. The van der Waals surface area contributed by atoms with Crippen LogP contribution in [-0.2, 0) is 0 Å². The van der Waals surface area contributed by atoms with Crippen molar-refractivity contribution >= 4 is 0 Å². The van der Waals surface area contributed by atoms with Crippen molar-refractivity contribution in [2.75, 3.05) is 7.05 Å². The summed E-state index contributed by atoms with van der Waals surface area (Å²) >= 11 is 0. The van der Waals surface area contributed by atoms with Gasteiger partial charge in [-0.1, -0.05) is 6.08 Å². The normalized spacial score (nSPS) is 26.3. The zero-order chi connectivity index (χ0) is 6.85. The Labute approximate surface area is 55.6 Å². The van der Waals surface area contributed by atoms with Gasteiger partial charge in [0.05, 0.1) is 6.17 Å². The van der Waals surface area contributed by atoms with Gasteiger partial charge < -0.3 is 10.6 Å². The maximum Gasteiger partial charge on any atom is 0.0983 e. The molecule has 0 bridgehead atoms. The van der Waals surface area contributed by atoms with Crippen molar-refractivity contribution in [1.82, 2.24) is 4.90 Å². The summed E-state index contributed by atoms with van der Waals surface area (Å²) in [5, 5.41) is 0. The van der Waals surface area contributed by atoms with Crippen LogP contribution in [0.1, 0.15) is 6.92 Å². The monoisotopic (exact) mass is 124 g/mol. The summed E-state index contributed by atoms with van der Waals surface area (Å²) in [6.07, 6.45) is 6.08. The predicted molar refractivity (Wildman–Crippen MR) is 38.6 cm³/mol. The van der Waals surface area contributed by atoms with E-state index in [-0.39, 0.29) is 6.17 Å². The molecule has 0 aliphatic carbocycles. The van der Waals surface area contributed by atoms with Gasteiger partial charge >= 0.3 is 0 Å². The van der Waals surface area contributed by atoms with Gasteiger partial charge in [0.2, 0.25) is 0 Å². The third-order valence-corrected chi connectivity index (χ3v) is 1.59. The molecule has 0 unspecified atom stereocenters. The molecule has 0 saturated heterocycles. The van der Waals surface area contributed by atoms with E-state index >= 15 is 0 Å². The molecule has 0 aromatic heterocycles. The Morgan fingerprint density at radius 1 is 1.67 bits per heavy atom. The largest absolute Gasteiger partial charge is 0.362 e. The van der Waals surface area contributed by atoms with Gasteiger partial charge in [-0.15, -0.1) is 0 Å². The third kappa shape index (κ3) is 1.13. The summed E-state index contributed by atoms with van der Waals surface area (Å²) in [5.74, 6) is 0. The van der Waals surface area contributed by atoms with Crippen molar-refractivity contribution < 1.29 is 0 Å². The lowest BCUT2D eigenvalue weighted by Crippen LogP contribution is -2.37. The molecule has 1 rings (SSSR count). The molecule has 1 heterocycles. The molecule has 0 spiro atoms. The zero-order valence-electron chi connectivity index (χ0n) is 5.83. The van der Waals surface area contributed by atoms with E-state index in [1.54, 1.807) is 0 Å². The minimum absolute atomic E-state index is 0.0787. The van der Waals surface area contributed by atoms with Crippen LogP contribution in [-0.4, -0.2) is 18.1 Å². The van der Waals surface area contributed by atoms with Gasteiger partial charge in [0.1, 0.15) is 0 Å². The number of nitrogens with zero attached hydrogens (tertiary/aromatic N) is 1. The Bertz CT molecular complexity index is 158. The first-order valence-electron chi connectivity index (χ1n) is 3.04. The van der Waals surface area contributed by atoms with Gasteiger partial charge in [0.15, 0.2) is 0 Å². The van der Waals surface area contributed by atoms with Crippen LogP contribution in [0.3, 0.4) is 0 Å². The summed E-state index contributed by atoms with van der Waals surface area (Å²) in [6, 6.07) is 0. The van der Waals surface area contributed by atoms with Gasteiger partial charge in [-0.3, -0.25) is 0 Å². The molecular weight excluding hydrogens is 112 g/mol. The number of nitrogens with two attached hydrogens (primary N) is 1. The van der Waals surface area contributed by atoms with E-state index in [4.69, 9.17) is 5.73 Å². The Balaban J connectivity index is 2.73. The molecule has 0 fully saturated rings. The lowest BCUT2D eigenvalue weighted by atomic mass is 10.2. The molecule has 1 aliphatic heterocycles. The highest BCUT2D eigenvalue weighted by Gasteiger charge is 2.08. The van der Waals surface area contributed by atoms with Gasteiger partial charge in [-0.05, 0) is 18.6 Å². The lowest BCUT2D eigenvalue weighted by Gasteiger charge is -2.25. The van der Waals surface area contributed by atoms with Crippen molar-refractivity contribution in [3.63, 3.8) is 0 Å². The van der Waals surface area contributed by atoms with Crippen LogP contribution in [0.15, 0.2) is 23.9 Å². The maximum atomic E-state index is 5.73. The van der Waals surface area contributed by atoms with E-state index in [9.17, 15) is 0 Å². The molecule has 0 saturated carbocycles. The average Bonchev–Trinajstić information content (AvgIpc) is 1.83. The first-order chi connectivity index (χ1) is 4.22. The molecule has 2 heteroatoms. The molecule has 0 radical (unpaired) electrons. The maximum absolute atomic E-state index is 5.73. The van der Waals surface area contributed by atoms with E-state index in [0.717, 1.165) is 0 Å². The Kier molecular flexibility index (Phi) is 1.58. The molecule has 2 nitrogen and oxygen atoms in total. The van der Waals surface area contributed by atoms with Crippen LogP contribution in [0.25, 0.3) is 0 Å². The van der Waals surface area contributed by atoms with Gasteiger partial charge in [-0.2, -0.15) is 0 Å². The Morgan fingerprint density at radius 3 is 2.78 bits per heavy atom. The fraction of sp³-hybridized carbons (Fsp3) is 0.429. The summed E-state index contributed by atoms with van der Waals surface area (Å²) in [7, 11) is 1.97. The smallest absolute Gasteiger partial charge is 0.0983 e. The SMILES string of the molecule is CC1=CC=CN(C)[C@@H]1N. The Morgan fingerprint density at radius 2 is 2.33 bits per heavy atom. The van der Waals surface area contributed by atoms with Crippen molar-refractivity contribution in [1.29, 1.82) is 0 Å². The highest BCUT2D eigenvalue weighted by atomic mass is 15.2. The topological polar surface area (TPSA) is 29.3 Å². The first kappa shape index (κ1) is 6.36. The van der Waals surface area contributed by atoms with E-state index in [2.05, 4.69) is 0 Å². The second kappa shape index (κ2) is 2.23. The molecule has 50 valence electrons. The molecule has 1 aliphatic rings. The molecular formula is C7H12N2. The highest BCUT2D eigenvalue weighted by Crippen LogP contribution is 2.08. The number of likely N-dealkylation sites (N-methyl/N-ethyl adjacent to an activating group) is 1. The fourth-order valence-electron chi connectivity index (χ4n) is 0.843. The average molecular weight is 124 g/mol. The van der Waals surface area contributed by atoms with Gasteiger partial charge in [-0.25, -0.2) is 0 Å². The Hall–Kier alpha value is -0.760. The van der Waals surface area contributed by atoms with Crippen molar-refractivity contribution in [2.24, 2.45) is 5.73 Å². The van der Waals surface area contributed by atoms with Crippen LogP contribution >= 0.6 is 0 Å². The van der Waals surface area contributed by atoms with E-state index < -0.39 is 0 Å². The van der Waals surface area contributed by atoms with Crippen LogP contribution in [0.5, 0.6) is 0 Å². The molecule has 1 atom stereocenters. The summed E-state index contributed by atoms with van der Waals surface area (Å²) in [6.45, 7) is 2.03. The van der Waals surface area contributed by atoms with E-state index in [1.165, 1.54) is 5.57 Å². The van der Waals surface area contributed by atoms with Crippen LogP contribution in [0.2, 0.25) is 0 Å². The predicted octanol–water partition coefficient (Wildman–Crippen LogP) is 0.677. The minimum atomic E-state index is 0.0787. The molecule has 2 N–H and O–H groups in total. The van der Waals surface area contributed by atoms with Crippen LogP contribution in [0.4, 0.5) is 0 Å². The van der Waals surface area contributed by atoms with Gasteiger partial charge in [0, 0.05) is 13.2 Å². The second-order valence-corrected chi connectivity index (χ2v) is 2.36. The highest BCUT2D eigenvalue weighted by molar-refractivity contribution is 5.19. The number of hydrogen-bond donors (Lipinski definition) is 1. The van der Waals surface area contributed by atoms with Crippen molar-refractivity contribution in [2.45, 2.75) is 13.1 Å². The third-order valence-electron chi connectivity index (χ3n) is 1.59. The van der Waals surface area contributed by atoms with E-state index in [1.807, 2.05) is 37.2 Å². The van der Waals surface area contributed by atoms with E-state index in [0.29, 0.717) is 0 Å². The summed E-state index contributed by atoms with van der Waals surface area (Å²) in [4.78, 5) is 1.98. The summed E-state index contributed by atoms with van der Waals surface area (Å²) < 4.78 is 0.